The Hall–Kier alpha value is -1.83. The standard InChI is InChI=1S/C15H20ClN3O4.ClH/c1-23-13(20)7-6-12(17)15(22)19-9-8-18-14(21)10-4-2-3-5-11(10)16;/h2-5,12H,6-9,17H2,1H3,(H,18,21)(H,19,22);1H. The Morgan fingerprint density at radius 1 is 1.21 bits per heavy atom. The molecular formula is C15H21Cl2N3O4. The Balaban J connectivity index is 0.00000529. The number of ether oxygens (including phenoxy) is 1. The summed E-state index contributed by atoms with van der Waals surface area (Å²) in [6.07, 6.45) is 0.277. The van der Waals surface area contributed by atoms with Gasteiger partial charge in [-0.25, -0.2) is 0 Å². The number of esters is 1. The summed E-state index contributed by atoms with van der Waals surface area (Å²) in [4.78, 5) is 34.5. The molecule has 0 aromatic heterocycles. The maximum Gasteiger partial charge on any atom is 0.305 e. The molecule has 9 heteroatoms. The number of nitrogens with two attached hydrogens (primary N) is 1. The summed E-state index contributed by atoms with van der Waals surface area (Å²) in [5.41, 5.74) is 6.02. The van der Waals surface area contributed by atoms with E-state index in [4.69, 9.17) is 17.3 Å². The van der Waals surface area contributed by atoms with Crippen molar-refractivity contribution >= 4 is 41.8 Å². The van der Waals surface area contributed by atoms with Gasteiger partial charge < -0.3 is 21.1 Å². The topological polar surface area (TPSA) is 111 Å². The molecular weight excluding hydrogens is 357 g/mol. The van der Waals surface area contributed by atoms with Crippen LogP contribution in [-0.2, 0) is 14.3 Å². The number of halogens is 2. The van der Waals surface area contributed by atoms with Crippen LogP contribution < -0.4 is 16.4 Å². The Kier molecular flexibility index (Phi) is 10.8. The van der Waals surface area contributed by atoms with E-state index in [0.29, 0.717) is 10.6 Å². The first-order valence-electron chi connectivity index (χ1n) is 7.08. The predicted octanol–water partition coefficient (Wildman–Crippen LogP) is 0.888. The van der Waals surface area contributed by atoms with Crippen LogP contribution in [0.15, 0.2) is 24.3 Å². The minimum Gasteiger partial charge on any atom is -0.469 e. The van der Waals surface area contributed by atoms with Crippen molar-refractivity contribution < 1.29 is 19.1 Å². The molecule has 1 rings (SSSR count). The number of nitrogens with one attached hydrogen (secondary N) is 2. The van der Waals surface area contributed by atoms with Gasteiger partial charge in [-0.15, -0.1) is 12.4 Å². The number of rotatable bonds is 8. The van der Waals surface area contributed by atoms with Crippen LogP contribution in [0.2, 0.25) is 5.02 Å². The molecule has 0 spiro atoms. The van der Waals surface area contributed by atoms with Crippen molar-refractivity contribution in [3.63, 3.8) is 0 Å². The lowest BCUT2D eigenvalue weighted by Crippen LogP contribution is -2.43. The summed E-state index contributed by atoms with van der Waals surface area (Å²) in [5, 5.41) is 5.58. The molecule has 1 unspecified atom stereocenters. The van der Waals surface area contributed by atoms with Crippen molar-refractivity contribution in [1.29, 1.82) is 0 Å². The molecule has 0 bridgehead atoms. The third kappa shape index (κ3) is 7.63. The van der Waals surface area contributed by atoms with E-state index in [0.717, 1.165) is 0 Å². The lowest BCUT2D eigenvalue weighted by Gasteiger charge is -2.12. The Bertz CT molecular complexity index is 569. The van der Waals surface area contributed by atoms with E-state index in [2.05, 4.69) is 15.4 Å². The van der Waals surface area contributed by atoms with Gasteiger partial charge in [0.1, 0.15) is 0 Å². The lowest BCUT2D eigenvalue weighted by molar-refractivity contribution is -0.140. The average molecular weight is 378 g/mol. The molecule has 1 atom stereocenters. The molecule has 0 aliphatic carbocycles. The van der Waals surface area contributed by atoms with Crippen LogP contribution >= 0.6 is 24.0 Å². The molecule has 0 saturated carbocycles. The molecule has 0 aliphatic rings. The van der Waals surface area contributed by atoms with E-state index < -0.39 is 12.0 Å². The molecule has 0 fully saturated rings. The van der Waals surface area contributed by atoms with Gasteiger partial charge in [0, 0.05) is 19.5 Å². The summed E-state index contributed by atoms with van der Waals surface area (Å²) < 4.78 is 4.47. The predicted molar refractivity (Wildman–Crippen MR) is 93.3 cm³/mol. The first kappa shape index (κ1) is 22.2. The zero-order valence-electron chi connectivity index (χ0n) is 13.2. The molecule has 0 radical (unpaired) electrons. The van der Waals surface area contributed by atoms with Crippen LogP contribution in [0.25, 0.3) is 0 Å². The van der Waals surface area contributed by atoms with Crippen LogP contribution in [-0.4, -0.2) is 44.0 Å². The van der Waals surface area contributed by atoms with Gasteiger partial charge in [0.25, 0.3) is 5.91 Å². The summed E-state index contributed by atoms with van der Waals surface area (Å²) in [6.45, 7) is 0.459. The molecule has 0 saturated heterocycles. The maximum atomic E-state index is 11.9. The number of hydrogen-bond acceptors (Lipinski definition) is 5. The Morgan fingerprint density at radius 3 is 2.46 bits per heavy atom. The van der Waals surface area contributed by atoms with Gasteiger partial charge in [-0.05, 0) is 18.6 Å². The molecule has 1 aromatic rings. The van der Waals surface area contributed by atoms with Crippen LogP contribution in [0.5, 0.6) is 0 Å². The van der Waals surface area contributed by atoms with E-state index in [-0.39, 0.29) is 50.2 Å². The second kappa shape index (κ2) is 11.7. The maximum absolute atomic E-state index is 11.9. The van der Waals surface area contributed by atoms with Crippen molar-refractivity contribution in [3.8, 4) is 0 Å². The number of hydrogen-bond donors (Lipinski definition) is 3. The number of carbonyl (C=O) groups is 3. The highest BCUT2D eigenvalue weighted by Gasteiger charge is 2.15. The summed E-state index contributed by atoms with van der Waals surface area (Å²) >= 11 is 5.91. The number of benzene rings is 1. The van der Waals surface area contributed by atoms with Gasteiger partial charge in [0.2, 0.25) is 5.91 Å². The molecule has 1 aromatic carbocycles. The van der Waals surface area contributed by atoms with Gasteiger partial charge >= 0.3 is 5.97 Å². The van der Waals surface area contributed by atoms with Crippen LogP contribution in [0.3, 0.4) is 0 Å². The highest BCUT2D eigenvalue weighted by molar-refractivity contribution is 6.33. The molecule has 24 heavy (non-hydrogen) atoms. The van der Waals surface area contributed by atoms with E-state index in [1.165, 1.54) is 7.11 Å². The fourth-order valence-electron chi connectivity index (χ4n) is 1.74. The third-order valence-corrected chi connectivity index (χ3v) is 3.38. The Morgan fingerprint density at radius 2 is 1.83 bits per heavy atom. The second-order valence-corrected chi connectivity index (χ2v) is 5.16. The SMILES string of the molecule is COC(=O)CCC(N)C(=O)NCCNC(=O)c1ccccc1Cl.Cl. The van der Waals surface area contributed by atoms with Crippen molar-refractivity contribution in [1.82, 2.24) is 10.6 Å². The van der Waals surface area contributed by atoms with Crippen molar-refractivity contribution in [2.75, 3.05) is 20.2 Å². The largest absolute Gasteiger partial charge is 0.469 e. The van der Waals surface area contributed by atoms with Crippen molar-refractivity contribution in [3.05, 3.63) is 34.9 Å². The van der Waals surface area contributed by atoms with E-state index in [9.17, 15) is 14.4 Å². The molecule has 7 nitrogen and oxygen atoms in total. The molecule has 0 heterocycles. The molecule has 0 aliphatic heterocycles. The number of amides is 2. The third-order valence-electron chi connectivity index (χ3n) is 3.05. The second-order valence-electron chi connectivity index (χ2n) is 4.75. The average Bonchev–Trinajstić information content (AvgIpc) is 2.56. The van der Waals surface area contributed by atoms with Gasteiger partial charge in [0.15, 0.2) is 0 Å². The fourth-order valence-corrected chi connectivity index (χ4v) is 1.96. The number of carbonyl (C=O) groups excluding carboxylic acids is 3. The first-order chi connectivity index (χ1) is 11.0. The zero-order valence-corrected chi connectivity index (χ0v) is 14.8. The van der Waals surface area contributed by atoms with E-state index >= 15 is 0 Å². The normalized spacial score (nSPS) is 11.0. The summed E-state index contributed by atoms with van der Waals surface area (Å²) in [7, 11) is 1.27. The first-order valence-corrected chi connectivity index (χ1v) is 7.46. The molecule has 2 amide bonds. The quantitative estimate of drug-likeness (QED) is 0.460. The van der Waals surface area contributed by atoms with E-state index in [1.54, 1.807) is 24.3 Å². The molecule has 134 valence electrons. The number of methoxy groups -OCH3 is 1. The van der Waals surface area contributed by atoms with Crippen molar-refractivity contribution in [2.45, 2.75) is 18.9 Å². The lowest BCUT2D eigenvalue weighted by atomic mass is 10.1. The Labute approximate surface area is 151 Å². The fraction of sp³-hybridized carbons (Fsp3) is 0.400. The summed E-state index contributed by atoms with van der Waals surface area (Å²) in [5.74, 6) is -1.12. The smallest absolute Gasteiger partial charge is 0.305 e. The van der Waals surface area contributed by atoms with Gasteiger partial charge in [0.05, 0.1) is 23.7 Å². The minimum atomic E-state index is -0.798. The molecule has 4 N–H and O–H groups in total. The van der Waals surface area contributed by atoms with Crippen LogP contribution in [0.4, 0.5) is 0 Å². The van der Waals surface area contributed by atoms with Crippen LogP contribution in [0, 0.1) is 0 Å². The van der Waals surface area contributed by atoms with Gasteiger partial charge in [-0.1, -0.05) is 23.7 Å². The minimum absolute atomic E-state index is 0. The monoisotopic (exact) mass is 377 g/mol. The van der Waals surface area contributed by atoms with Gasteiger partial charge in [-0.2, -0.15) is 0 Å². The summed E-state index contributed by atoms with van der Waals surface area (Å²) in [6, 6.07) is 5.88. The highest BCUT2D eigenvalue weighted by atomic mass is 35.5. The zero-order chi connectivity index (χ0) is 17.2. The van der Waals surface area contributed by atoms with Gasteiger partial charge in [-0.3, -0.25) is 14.4 Å². The van der Waals surface area contributed by atoms with Crippen LogP contribution in [0.1, 0.15) is 23.2 Å². The van der Waals surface area contributed by atoms with E-state index in [1.807, 2.05) is 0 Å². The van der Waals surface area contributed by atoms with Crippen molar-refractivity contribution in [2.24, 2.45) is 5.73 Å². The highest BCUT2D eigenvalue weighted by Crippen LogP contribution is 2.14.